The monoisotopic (exact) mass is 178 g/mol. The maximum atomic E-state index is 4.48. The van der Waals surface area contributed by atoms with Crippen molar-refractivity contribution < 1.29 is 0 Å². The summed E-state index contributed by atoms with van der Waals surface area (Å²) in [6.45, 7) is 6.57. The highest BCUT2D eigenvalue weighted by Gasteiger charge is 2.24. The fourth-order valence-corrected chi connectivity index (χ4v) is 2.15. The van der Waals surface area contributed by atoms with E-state index in [-0.39, 0.29) is 0 Å². The van der Waals surface area contributed by atoms with Gasteiger partial charge in [0.1, 0.15) is 11.7 Å². The van der Waals surface area contributed by atoms with Crippen LogP contribution in [0.25, 0.3) is 0 Å². The fraction of sp³-hybridized carbons (Fsp3) is 0.667. The fourth-order valence-electron chi connectivity index (χ4n) is 2.15. The minimum Gasteiger partial charge on any atom is -0.370 e. The van der Waals surface area contributed by atoms with Crippen LogP contribution < -0.4 is 5.32 Å². The van der Waals surface area contributed by atoms with Crippen LogP contribution >= 0.6 is 0 Å². The number of rotatable bonds is 0. The summed E-state index contributed by atoms with van der Waals surface area (Å²) >= 11 is 0. The molecule has 0 unspecified atom stereocenters. The summed E-state index contributed by atoms with van der Waals surface area (Å²) in [5, 5.41) is 3.39. The molecule has 0 aliphatic carbocycles. The Balaban J connectivity index is 1.93. The zero-order chi connectivity index (χ0) is 8.67. The molecule has 0 spiro atoms. The lowest BCUT2D eigenvalue weighted by Gasteiger charge is -2.19. The van der Waals surface area contributed by atoms with Crippen LogP contribution in [-0.4, -0.2) is 54.9 Å². The first-order valence-corrected chi connectivity index (χ1v) is 4.93. The van der Waals surface area contributed by atoms with Gasteiger partial charge in [-0.2, -0.15) is 0 Å². The molecule has 13 heavy (non-hydrogen) atoms. The molecule has 70 valence electrons. The van der Waals surface area contributed by atoms with Gasteiger partial charge in [0.05, 0.1) is 6.54 Å². The van der Waals surface area contributed by atoms with Gasteiger partial charge in [-0.25, -0.2) is 0 Å². The van der Waals surface area contributed by atoms with E-state index in [4.69, 9.17) is 0 Å². The number of amidine groups is 1. The summed E-state index contributed by atoms with van der Waals surface area (Å²) in [7, 11) is 0. The first kappa shape index (κ1) is 7.24. The lowest BCUT2D eigenvalue weighted by Crippen LogP contribution is -2.31. The predicted molar refractivity (Wildman–Crippen MR) is 51.5 cm³/mol. The van der Waals surface area contributed by atoms with Crippen molar-refractivity contribution in [3.63, 3.8) is 0 Å². The van der Waals surface area contributed by atoms with Crippen molar-refractivity contribution in [2.75, 3.05) is 39.3 Å². The number of aliphatic imine (C=N–C) groups is 1. The average molecular weight is 178 g/mol. The summed E-state index contributed by atoms with van der Waals surface area (Å²) in [6.07, 6.45) is 2.19. The Morgan fingerprint density at radius 1 is 1.15 bits per heavy atom. The first-order chi connectivity index (χ1) is 6.43. The molecule has 4 heteroatoms. The van der Waals surface area contributed by atoms with Gasteiger partial charge >= 0.3 is 0 Å². The molecule has 0 amide bonds. The normalized spacial score (nSPS) is 25.8. The van der Waals surface area contributed by atoms with Crippen LogP contribution in [0, 0.1) is 0 Å². The molecule has 3 aliphatic rings. The molecule has 0 saturated carbocycles. The maximum Gasteiger partial charge on any atom is 0.127 e. The Morgan fingerprint density at radius 3 is 3.08 bits per heavy atom. The highest BCUT2D eigenvalue weighted by molar-refractivity contribution is 5.94. The molecule has 1 fully saturated rings. The van der Waals surface area contributed by atoms with E-state index in [1.165, 1.54) is 11.7 Å². The van der Waals surface area contributed by atoms with E-state index in [0.717, 1.165) is 39.3 Å². The summed E-state index contributed by atoms with van der Waals surface area (Å²) in [4.78, 5) is 9.25. The van der Waals surface area contributed by atoms with Gasteiger partial charge in [-0.3, -0.25) is 4.99 Å². The van der Waals surface area contributed by atoms with Gasteiger partial charge in [0, 0.05) is 38.8 Å². The van der Waals surface area contributed by atoms with Crippen molar-refractivity contribution in [2.45, 2.75) is 0 Å². The van der Waals surface area contributed by atoms with E-state index in [1.54, 1.807) is 0 Å². The smallest absolute Gasteiger partial charge is 0.127 e. The molecular weight excluding hydrogens is 164 g/mol. The van der Waals surface area contributed by atoms with Crippen LogP contribution in [0.3, 0.4) is 0 Å². The second-order valence-electron chi connectivity index (χ2n) is 3.67. The third kappa shape index (κ3) is 1.08. The zero-order valence-corrected chi connectivity index (χ0v) is 7.66. The zero-order valence-electron chi connectivity index (χ0n) is 7.66. The minimum atomic E-state index is 0.971. The second kappa shape index (κ2) is 2.65. The SMILES string of the molecule is C1=C2NCCN2CCN2CCN=C12. The molecule has 3 aliphatic heterocycles. The van der Waals surface area contributed by atoms with Crippen LogP contribution in [0.4, 0.5) is 0 Å². The van der Waals surface area contributed by atoms with Crippen molar-refractivity contribution in [1.82, 2.24) is 15.1 Å². The lowest BCUT2D eigenvalue weighted by atomic mass is 10.4. The van der Waals surface area contributed by atoms with E-state index < -0.39 is 0 Å². The van der Waals surface area contributed by atoms with Crippen molar-refractivity contribution in [3.05, 3.63) is 11.9 Å². The summed E-state index contributed by atoms with van der Waals surface area (Å²) < 4.78 is 0. The van der Waals surface area contributed by atoms with E-state index in [2.05, 4.69) is 26.2 Å². The summed E-state index contributed by atoms with van der Waals surface area (Å²) in [5.74, 6) is 2.44. The molecule has 0 bridgehead atoms. The largest absolute Gasteiger partial charge is 0.370 e. The van der Waals surface area contributed by atoms with Crippen LogP contribution in [-0.2, 0) is 0 Å². The van der Waals surface area contributed by atoms with Crippen LogP contribution in [0.15, 0.2) is 16.9 Å². The van der Waals surface area contributed by atoms with E-state index in [0.29, 0.717) is 0 Å². The molecule has 4 nitrogen and oxygen atoms in total. The van der Waals surface area contributed by atoms with Crippen LogP contribution in [0.5, 0.6) is 0 Å². The maximum absolute atomic E-state index is 4.48. The third-order valence-corrected chi connectivity index (χ3v) is 2.90. The number of nitrogens with one attached hydrogen (secondary N) is 1. The molecule has 0 aromatic heterocycles. The highest BCUT2D eigenvalue weighted by atomic mass is 15.3. The van der Waals surface area contributed by atoms with Crippen molar-refractivity contribution in [2.24, 2.45) is 4.99 Å². The summed E-state index contributed by atoms with van der Waals surface area (Å²) in [5.41, 5.74) is 0. The summed E-state index contributed by atoms with van der Waals surface area (Å²) in [6, 6.07) is 0. The van der Waals surface area contributed by atoms with Crippen LogP contribution in [0.1, 0.15) is 0 Å². The van der Waals surface area contributed by atoms with Gasteiger partial charge in [0.15, 0.2) is 0 Å². The molecule has 0 aromatic carbocycles. The number of fused-ring (bicyclic) bond motifs is 2. The van der Waals surface area contributed by atoms with Gasteiger partial charge in [-0.1, -0.05) is 0 Å². The standard InChI is InChI=1S/C9H14N4/c1-3-12-5-6-13-4-2-11-9(13)7-8(12)10-1/h7,10H,1-6H2. The van der Waals surface area contributed by atoms with E-state index in [9.17, 15) is 0 Å². The molecular formula is C9H14N4. The molecule has 0 radical (unpaired) electrons. The number of hydrogen-bond donors (Lipinski definition) is 1. The molecule has 3 heterocycles. The van der Waals surface area contributed by atoms with Gasteiger partial charge in [0.25, 0.3) is 0 Å². The van der Waals surface area contributed by atoms with Gasteiger partial charge < -0.3 is 15.1 Å². The average Bonchev–Trinajstić information content (AvgIpc) is 2.72. The Morgan fingerprint density at radius 2 is 2.08 bits per heavy atom. The molecule has 1 saturated heterocycles. The Bertz CT molecular complexity index is 281. The van der Waals surface area contributed by atoms with Gasteiger partial charge in [-0.15, -0.1) is 0 Å². The topological polar surface area (TPSA) is 30.9 Å². The predicted octanol–water partition coefficient (Wildman–Crippen LogP) is -0.539. The van der Waals surface area contributed by atoms with Gasteiger partial charge in [-0.05, 0) is 0 Å². The third-order valence-electron chi connectivity index (χ3n) is 2.90. The highest BCUT2D eigenvalue weighted by Crippen LogP contribution is 2.14. The molecule has 3 rings (SSSR count). The number of nitrogens with zero attached hydrogens (tertiary/aromatic N) is 3. The quantitative estimate of drug-likeness (QED) is 0.540. The first-order valence-electron chi connectivity index (χ1n) is 4.93. The lowest BCUT2D eigenvalue weighted by molar-refractivity contribution is 0.347. The van der Waals surface area contributed by atoms with E-state index >= 15 is 0 Å². The Kier molecular flexibility index (Phi) is 1.48. The van der Waals surface area contributed by atoms with Crippen LogP contribution in [0.2, 0.25) is 0 Å². The van der Waals surface area contributed by atoms with E-state index in [1.807, 2.05) is 0 Å². The minimum absolute atomic E-state index is 0.971. The Hall–Kier alpha value is -1.19. The second-order valence-corrected chi connectivity index (χ2v) is 3.67. The molecule has 0 aromatic rings. The number of hydrogen-bond acceptors (Lipinski definition) is 4. The van der Waals surface area contributed by atoms with Gasteiger partial charge in [0.2, 0.25) is 0 Å². The van der Waals surface area contributed by atoms with Crippen molar-refractivity contribution in [1.29, 1.82) is 0 Å². The Labute approximate surface area is 77.9 Å². The molecule has 0 atom stereocenters. The van der Waals surface area contributed by atoms with Crippen molar-refractivity contribution in [3.8, 4) is 0 Å². The molecule has 1 N–H and O–H groups in total. The van der Waals surface area contributed by atoms with Crippen molar-refractivity contribution >= 4 is 5.84 Å².